The van der Waals surface area contributed by atoms with Crippen LogP contribution in [-0.2, 0) is 5.92 Å². The van der Waals surface area contributed by atoms with Crippen LogP contribution in [-0.4, -0.2) is 38.1 Å². The van der Waals surface area contributed by atoms with E-state index >= 15 is 0 Å². The van der Waals surface area contributed by atoms with Crippen molar-refractivity contribution in [3.05, 3.63) is 90.3 Å². The largest absolute Gasteiger partial charge is 0.460 e. The number of aromatic nitrogens is 3. The number of amides is 2. The summed E-state index contributed by atoms with van der Waals surface area (Å²) < 4.78 is 93.2. The Morgan fingerprint density at radius 2 is 1.51 bits per heavy atom. The van der Waals surface area contributed by atoms with Gasteiger partial charge in [0.1, 0.15) is 6.33 Å². The summed E-state index contributed by atoms with van der Waals surface area (Å²) in [5, 5.41) is 9.86. The molecule has 3 aromatic carbocycles. The lowest BCUT2D eigenvalue weighted by Gasteiger charge is -2.28. The molecule has 0 saturated carbocycles. The lowest BCUT2D eigenvalue weighted by Crippen LogP contribution is -2.50. The number of alkyl halides is 7. The maximum atomic E-state index is 13.9. The number of nitrogens with zero attached hydrogens (tertiary/aromatic N) is 4. The topological polar surface area (TPSA) is 84.2 Å². The number of urea groups is 1. The third-order valence-corrected chi connectivity index (χ3v) is 6.38. The Kier molecular flexibility index (Phi) is 8.85. The Balaban J connectivity index is 1.41. The number of nitrogens with one attached hydrogen (secondary N) is 2. The molecule has 2 N–H and O–H groups in total. The molecule has 0 aliphatic rings. The van der Waals surface area contributed by atoms with E-state index in [0.29, 0.717) is 23.4 Å². The average Bonchev–Trinajstić information content (AvgIpc) is 3.43. The second-order valence-electron chi connectivity index (χ2n) is 9.52. The number of carbonyl (C=O) groups excluding carboxylic acids is 1. The molecule has 2 amide bonds. The number of carbonyl (C=O) groups is 1. The number of thiol groups is 1. The fraction of sp³-hybridized carbons (Fsp3) is 0.214. The zero-order valence-electron chi connectivity index (χ0n) is 22.4. The van der Waals surface area contributed by atoms with Gasteiger partial charge in [0.05, 0.1) is 5.69 Å². The molecule has 0 aliphatic carbocycles. The number of hydrogen-bond donors (Lipinski definition) is 3. The predicted octanol–water partition coefficient (Wildman–Crippen LogP) is 8.28. The zero-order valence-corrected chi connectivity index (χ0v) is 23.3. The molecule has 0 unspecified atom stereocenters. The van der Waals surface area contributed by atoms with Gasteiger partial charge in [0.15, 0.2) is 11.0 Å². The summed E-state index contributed by atoms with van der Waals surface area (Å²) in [6.45, 7) is 4.06. The van der Waals surface area contributed by atoms with Crippen LogP contribution in [0.4, 0.5) is 46.9 Å². The monoisotopic (exact) mass is 624 g/mol. The number of rotatable bonds is 7. The highest BCUT2D eigenvalue weighted by Crippen LogP contribution is 2.51. The Labute approximate surface area is 246 Å². The molecule has 7 nitrogen and oxygen atoms in total. The van der Waals surface area contributed by atoms with Gasteiger partial charge in [0.2, 0.25) is 0 Å². The minimum atomic E-state index is -6.44. The van der Waals surface area contributed by atoms with Gasteiger partial charge < -0.3 is 10.6 Å². The molecule has 0 radical (unpaired) electrons. The van der Waals surface area contributed by atoms with Gasteiger partial charge in [-0.1, -0.05) is 44.2 Å². The third-order valence-electron chi connectivity index (χ3n) is 6.17. The molecular weight excluding hydrogens is 601 g/mol. The van der Waals surface area contributed by atoms with E-state index in [9.17, 15) is 35.5 Å². The smallest absolute Gasteiger partial charge is 0.335 e. The second kappa shape index (κ2) is 12.1. The quantitative estimate of drug-likeness (QED) is 0.0837. The number of hydrogen-bond acceptors (Lipinski definition) is 3. The van der Waals surface area contributed by atoms with Gasteiger partial charge in [-0.2, -0.15) is 35.7 Å². The highest BCUT2D eigenvalue weighted by Gasteiger charge is 2.73. The van der Waals surface area contributed by atoms with Gasteiger partial charge in [-0.25, -0.2) is 14.5 Å². The van der Waals surface area contributed by atoms with Crippen molar-refractivity contribution in [1.82, 2.24) is 14.8 Å². The van der Waals surface area contributed by atoms with E-state index in [1.807, 2.05) is 38.1 Å². The summed E-state index contributed by atoms with van der Waals surface area (Å²) in [5.41, 5.74) is 1.26. The Bertz CT molecular complexity index is 1620. The highest BCUT2D eigenvalue weighted by molar-refractivity contribution is 7.97. The van der Waals surface area contributed by atoms with E-state index in [-0.39, 0.29) is 22.6 Å². The summed E-state index contributed by atoms with van der Waals surface area (Å²) in [5.74, 6) is -11.3. The Morgan fingerprint density at radius 3 is 2.12 bits per heavy atom. The zero-order chi connectivity index (χ0) is 31.6. The molecule has 0 atom stereocenters. The summed E-state index contributed by atoms with van der Waals surface area (Å²) in [6, 6.07) is 15.9. The Morgan fingerprint density at radius 1 is 0.884 bits per heavy atom. The van der Waals surface area contributed by atoms with Crippen molar-refractivity contribution in [2.24, 2.45) is 4.99 Å². The van der Waals surface area contributed by atoms with Crippen LogP contribution in [0.2, 0.25) is 0 Å². The van der Waals surface area contributed by atoms with E-state index in [1.54, 1.807) is 24.3 Å². The molecular formula is C28H23F7N6OS. The minimum Gasteiger partial charge on any atom is -0.335 e. The molecule has 4 rings (SSSR count). The van der Waals surface area contributed by atoms with Crippen molar-refractivity contribution in [3.63, 3.8) is 0 Å². The fourth-order valence-electron chi connectivity index (χ4n) is 3.92. The van der Waals surface area contributed by atoms with Gasteiger partial charge in [-0.3, -0.25) is 0 Å². The van der Waals surface area contributed by atoms with E-state index in [1.165, 1.54) is 6.33 Å². The predicted molar refractivity (Wildman–Crippen MR) is 151 cm³/mol. The maximum absolute atomic E-state index is 13.9. The molecule has 1 aromatic heterocycles. The maximum Gasteiger partial charge on any atom is 0.460 e. The molecule has 1 heterocycles. The summed E-state index contributed by atoms with van der Waals surface area (Å²) in [4.78, 5) is 20.4. The first-order valence-electron chi connectivity index (χ1n) is 12.5. The molecule has 226 valence electrons. The molecule has 0 bridgehead atoms. The van der Waals surface area contributed by atoms with Crippen molar-refractivity contribution >= 4 is 35.2 Å². The number of amidine groups is 1. The number of aliphatic imine (C=N–C) groups is 1. The third kappa shape index (κ3) is 6.82. The van der Waals surface area contributed by atoms with Crippen molar-refractivity contribution in [2.45, 2.75) is 37.8 Å². The average molecular weight is 625 g/mol. The fourth-order valence-corrected chi connectivity index (χ4v) is 4.13. The molecule has 0 aliphatic heterocycles. The van der Waals surface area contributed by atoms with Crippen LogP contribution in [0.5, 0.6) is 0 Å². The van der Waals surface area contributed by atoms with Crippen LogP contribution in [0.3, 0.4) is 0 Å². The van der Waals surface area contributed by atoms with Crippen LogP contribution in [0.1, 0.15) is 30.9 Å². The minimum absolute atomic E-state index is 0.0857. The van der Waals surface area contributed by atoms with E-state index < -0.39 is 29.6 Å². The molecule has 43 heavy (non-hydrogen) atoms. The molecule has 0 saturated heterocycles. The number of anilines is 2. The number of para-hydroxylation sites is 1. The molecule has 0 spiro atoms. The lowest BCUT2D eigenvalue weighted by atomic mass is 10.0. The molecule has 0 fully saturated rings. The summed E-state index contributed by atoms with van der Waals surface area (Å²) in [7, 11) is 0. The first kappa shape index (κ1) is 31.5. The number of benzene rings is 3. The van der Waals surface area contributed by atoms with Crippen LogP contribution in [0.15, 0.2) is 84.1 Å². The van der Waals surface area contributed by atoms with Crippen LogP contribution >= 0.6 is 12.6 Å². The van der Waals surface area contributed by atoms with Crippen molar-refractivity contribution in [2.75, 3.05) is 10.6 Å². The van der Waals surface area contributed by atoms with Gasteiger partial charge in [-0.15, -0.1) is 17.7 Å². The normalized spacial score (nSPS) is 12.9. The summed E-state index contributed by atoms with van der Waals surface area (Å²) in [6.07, 6.45) is -5.23. The first-order chi connectivity index (χ1) is 20.1. The lowest BCUT2D eigenvalue weighted by molar-refractivity contribution is -0.359. The molecule has 4 aromatic rings. The van der Waals surface area contributed by atoms with Crippen molar-refractivity contribution < 1.29 is 35.5 Å². The highest BCUT2D eigenvalue weighted by atomic mass is 32.1. The van der Waals surface area contributed by atoms with Crippen molar-refractivity contribution in [3.8, 4) is 17.1 Å². The van der Waals surface area contributed by atoms with Gasteiger partial charge >= 0.3 is 24.1 Å². The van der Waals surface area contributed by atoms with Gasteiger partial charge in [0.25, 0.3) is 0 Å². The Hall–Kier alpha value is -4.40. The second-order valence-corrected chi connectivity index (χ2v) is 9.94. The van der Waals surface area contributed by atoms with Gasteiger partial charge in [-0.05, 0) is 53.9 Å². The van der Waals surface area contributed by atoms with Crippen LogP contribution in [0, 0.1) is 0 Å². The summed E-state index contributed by atoms with van der Waals surface area (Å²) >= 11 is 4.25. The van der Waals surface area contributed by atoms with E-state index in [0.717, 1.165) is 28.1 Å². The first-order valence-corrected chi connectivity index (χ1v) is 12.9. The van der Waals surface area contributed by atoms with E-state index in [2.05, 4.69) is 38.3 Å². The van der Waals surface area contributed by atoms with E-state index in [4.69, 9.17) is 0 Å². The number of halogens is 7. The SMILES string of the molecule is CC(C)c1ccccc1N/C(S)=N/C(=O)Nc1ccc(-c2ncn(-c3ccc(C(F)(F)C(F)(F)C(F)(F)F)cc3)n2)cc1. The van der Waals surface area contributed by atoms with Gasteiger partial charge in [0, 0.05) is 22.5 Å². The van der Waals surface area contributed by atoms with Crippen LogP contribution < -0.4 is 10.6 Å². The van der Waals surface area contributed by atoms with Crippen LogP contribution in [0.25, 0.3) is 17.1 Å². The molecule has 15 heteroatoms. The van der Waals surface area contributed by atoms with Crippen molar-refractivity contribution in [1.29, 1.82) is 0 Å². The standard InChI is InChI=1S/C28H23F7N6OS/c1-16(2)21-5-3-4-6-22(21)38-25(43)39-24(42)37-19-11-7-17(8-12-19)23-36-15-41(40-23)20-13-9-18(10-14-20)26(29,30)27(31,32)28(33,34)35/h3-16H,1-2H3,(H3,37,38,39,42,43).